The molecule has 0 fully saturated rings. The van der Waals surface area contributed by atoms with E-state index in [1.807, 2.05) is 0 Å². The lowest BCUT2D eigenvalue weighted by Gasteiger charge is -2.32. The Bertz CT molecular complexity index is 2430. The Balaban J connectivity index is 1.34. The van der Waals surface area contributed by atoms with Crippen molar-refractivity contribution in [3.8, 4) is 44.5 Å². The summed E-state index contributed by atoms with van der Waals surface area (Å²) < 4.78 is 0. The fourth-order valence-corrected chi connectivity index (χ4v) is 8.67. The van der Waals surface area contributed by atoms with Gasteiger partial charge in [0.05, 0.1) is 11.4 Å². The van der Waals surface area contributed by atoms with Crippen molar-refractivity contribution in [3.63, 3.8) is 0 Å². The largest absolute Gasteiger partial charge is 0.309 e. The third-order valence-electron chi connectivity index (χ3n) is 11.4. The minimum Gasteiger partial charge on any atom is -0.309 e. The highest BCUT2D eigenvalue weighted by Gasteiger charge is 2.39. The van der Waals surface area contributed by atoms with Crippen LogP contribution in [0.25, 0.3) is 44.5 Å². The maximum Gasteiger partial charge on any atom is 0.0543 e. The number of nitrogens with zero attached hydrogens (tertiary/aromatic N) is 1. The molecule has 0 heterocycles. The Hall–Kier alpha value is -5.66. The molecular formula is C49H41N. The molecule has 7 aromatic rings. The van der Waals surface area contributed by atoms with E-state index in [2.05, 4.69) is 197 Å². The topological polar surface area (TPSA) is 3.24 Å². The molecule has 0 amide bonds. The molecule has 2 aliphatic carbocycles. The summed E-state index contributed by atoms with van der Waals surface area (Å²) in [4.78, 5) is 2.54. The van der Waals surface area contributed by atoms with Gasteiger partial charge in [-0.15, -0.1) is 0 Å². The number of fused-ring (bicyclic) bond motifs is 6. The molecule has 0 aliphatic heterocycles. The summed E-state index contributed by atoms with van der Waals surface area (Å²) >= 11 is 0. The molecular weight excluding hydrogens is 603 g/mol. The molecule has 0 aromatic heterocycles. The van der Waals surface area contributed by atoms with Gasteiger partial charge in [-0.25, -0.2) is 0 Å². The van der Waals surface area contributed by atoms with E-state index < -0.39 is 0 Å². The summed E-state index contributed by atoms with van der Waals surface area (Å²) in [5.74, 6) is 0. The highest BCUT2D eigenvalue weighted by molar-refractivity contribution is 5.99. The lowest BCUT2D eigenvalue weighted by Crippen LogP contribution is -2.18. The van der Waals surface area contributed by atoms with Gasteiger partial charge in [0.25, 0.3) is 0 Å². The van der Waals surface area contributed by atoms with E-state index in [0.717, 1.165) is 5.69 Å². The predicted octanol–water partition coefficient (Wildman–Crippen LogP) is 13.4. The Morgan fingerprint density at radius 2 is 0.980 bits per heavy atom. The van der Waals surface area contributed by atoms with E-state index >= 15 is 0 Å². The van der Waals surface area contributed by atoms with Gasteiger partial charge >= 0.3 is 0 Å². The third-order valence-corrected chi connectivity index (χ3v) is 11.4. The molecule has 2 aliphatic rings. The van der Waals surface area contributed by atoms with Crippen LogP contribution in [-0.2, 0) is 10.8 Å². The number of rotatable bonds is 5. The van der Waals surface area contributed by atoms with Gasteiger partial charge in [-0.2, -0.15) is 0 Å². The first-order valence-corrected chi connectivity index (χ1v) is 17.8. The molecule has 242 valence electrons. The van der Waals surface area contributed by atoms with Crippen LogP contribution in [0.4, 0.5) is 17.1 Å². The number of benzene rings is 7. The van der Waals surface area contributed by atoms with E-state index in [1.54, 1.807) is 0 Å². The van der Waals surface area contributed by atoms with E-state index in [0.29, 0.717) is 0 Å². The zero-order valence-corrected chi connectivity index (χ0v) is 29.5. The predicted molar refractivity (Wildman–Crippen MR) is 212 cm³/mol. The normalized spacial score (nSPS) is 14.4. The van der Waals surface area contributed by atoms with E-state index in [-0.39, 0.29) is 10.8 Å². The summed E-state index contributed by atoms with van der Waals surface area (Å²) in [5.41, 5.74) is 20.2. The Morgan fingerprint density at radius 1 is 0.380 bits per heavy atom. The van der Waals surface area contributed by atoms with Crippen LogP contribution in [0.5, 0.6) is 0 Å². The molecule has 0 atom stereocenters. The minimum atomic E-state index is -0.113. The number of aryl methyl sites for hydroxylation is 1. The van der Waals surface area contributed by atoms with Crippen molar-refractivity contribution >= 4 is 17.1 Å². The van der Waals surface area contributed by atoms with Crippen LogP contribution in [0.3, 0.4) is 0 Å². The quantitative estimate of drug-likeness (QED) is 0.180. The second-order valence-electron chi connectivity index (χ2n) is 15.1. The van der Waals surface area contributed by atoms with Crippen LogP contribution in [0.1, 0.15) is 55.5 Å². The smallest absolute Gasteiger partial charge is 0.0543 e. The van der Waals surface area contributed by atoms with Crippen molar-refractivity contribution in [1.82, 2.24) is 0 Å². The summed E-state index contributed by atoms with van der Waals surface area (Å²) in [6.45, 7) is 11.6. The van der Waals surface area contributed by atoms with Crippen LogP contribution >= 0.6 is 0 Å². The van der Waals surface area contributed by atoms with Crippen LogP contribution in [0.15, 0.2) is 158 Å². The molecule has 0 saturated carbocycles. The van der Waals surface area contributed by atoms with Crippen molar-refractivity contribution in [3.05, 3.63) is 186 Å². The van der Waals surface area contributed by atoms with Gasteiger partial charge in [0.2, 0.25) is 0 Å². The van der Waals surface area contributed by atoms with Crippen molar-refractivity contribution in [2.45, 2.75) is 45.4 Å². The van der Waals surface area contributed by atoms with Crippen LogP contribution < -0.4 is 4.90 Å². The Labute approximate surface area is 296 Å². The van der Waals surface area contributed by atoms with Gasteiger partial charge in [0.1, 0.15) is 0 Å². The molecule has 0 N–H and O–H groups in total. The van der Waals surface area contributed by atoms with Crippen LogP contribution in [0, 0.1) is 6.92 Å². The average molecular weight is 644 g/mol. The molecule has 50 heavy (non-hydrogen) atoms. The first kappa shape index (κ1) is 30.4. The van der Waals surface area contributed by atoms with Gasteiger partial charge in [-0.3, -0.25) is 0 Å². The van der Waals surface area contributed by atoms with Crippen LogP contribution in [0.2, 0.25) is 0 Å². The summed E-state index contributed by atoms with van der Waals surface area (Å²) in [7, 11) is 0. The number of anilines is 3. The average Bonchev–Trinajstić information content (AvgIpc) is 3.52. The van der Waals surface area contributed by atoms with E-state index in [1.165, 1.54) is 83.7 Å². The van der Waals surface area contributed by atoms with Gasteiger partial charge in [0, 0.05) is 27.6 Å². The molecule has 0 radical (unpaired) electrons. The molecule has 0 bridgehead atoms. The monoisotopic (exact) mass is 643 g/mol. The van der Waals surface area contributed by atoms with Gasteiger partial charge in [-0.05, 0) is 92.9 Å². The zero-order chi connectivity index (χ0) is 34.2. The van der Waals surface area contributed by atoms with E-state index in [9.17, 15) is 0 Å². The molecule has 1 nitrogen and oxygen atoms in total. The lowest BCUT2D eigenvalue weighted by molar-refractivity contribution is 0.660. The maximum atomic E-state index is 2.54. The summed E-state index contributed by atoms with van der Waals surface area (Å²) in [6, 6.07) is 58.8. The molecule has 1 heteroatoms. The van der Waals surface area contributed by atoms with Crippen molar-refractivity contribution < 1.29 is 0 Å². The van der Waals surface area contributed by atoms with Crippen molar-refractivity contribution in [1.29, 1.82) is 0 Å². The third kappa shape index (κ3) is 4.53. The summed E-state index contributed by atoms with van der Waals surface area (Å²) in [5, 5.41) is 0. The first-order chi connectivity index (χ1) is 24.2. The maximum absolute atomic E-state index is 2.54. The zero-order valence-electron chi connectivity index (χ0n) is 29.5. The minimum absolute atomic E-state index is 0.104. The fourth-order valence-electron chi connectivity index (χ4n) is 8.67. The van der Waals surface area contributed by atoms with Gasteiger partial charge in [-0.1, -0.05) is 161 Å². The Kier molecular flexibility index (Phi) is 6.80. The van der Waals surface area contributed by atoms with Crippen LogP contribution in [-0.4, -0.2) is 0 Å². The second-order valence-corrected chi connectivity index (χ2v) is 15.1. The van der Waals surface area contributed by atoms with Crippen molar-refractivity contribution in [2.75, 3.05) is 4.90 Å². The van der Waals surface area contributed by atoms with Crippen molar-refractivity contribution in [2.24, 2.45) is 0 Å². The number of hydrogen-bond donors (Lipinski definition) is 0. The van der Waals surface area contributed by atoms with Gasteiger partial charge < -0.3 is 4.90 Å². The number of hydrogen-bond acceptors (Lipinski definition) is 1. The second kappa shape index (κ2) is 11.2. The lowest BCUT2D eigenvalue weighted by atomic mass is 9.82. The standard InChI is InChI=1S/C49H41N/c1-32-22-24-33(25-23-32)35-26-29-45(40(30-35)34-14-7-6-8-15-34)50(36-27-28-38-37-16-9-11-18-41(37)49(4,5)44(38)31-36)46-21-13-20-43-47(46)39-17-10-12-19-42(39)48(43,2)3/h6-31H,1-5H3. The SMILES string of the molecule is Cc1ccc(-c2ccc(N(c3ccc4c(c3)C(C)(C)c3ccccc3-4)c3cccc4c3-c3ccccc3C4(C)C)c(-c3ccccc3)c2)cc1. The molecule has 0 spiro atoms. The highest BCUT2D eigenvalue weighted by Crippen LogP contribution is 2.56. The molecule has 0 saturated heterocycles. The highest BCUT2D eigenvalue weighted by atomic mass is 15.1. The fraction of sp³-hybridized carbons (Fsp3) is 0.143. The molecule has 0 unspecified atom stereocenters. The van der Waals surface area contributed by atoms with E-state index in [4.69, 9.17) is 0 Å². The molecule has 9 rings (SSSR count). The van der Waals surface area contributed by atoms with Gasteiger partial charge in [0.15, 0.2) is 0 Å². The first-order valence-electron chi connectivity index (χ1n) is 17.8. The summed E-state index contributed by atoms with van der Waals surface area (Å²) in [6.07, 6.45) is 0. The molecule has 7 aromatic carbocycles. The Morgan fingerprint density at radius 3 is 1.74 bits per heavy atom.